The van der Waals surface area contributed by atoms with Gasteiger partial charge in [0.2, 0.25) is 0 Å². The summed E-state index contributed by atoms with van der Waals surface area (Å²) in [7, 11) is 0. The predicted molar refractivity (Wildman–Crippen MR) is 206 cm³/mol. The molecule has 0 saturated carbocycles. The van der Waals surface area contributed by atoms with E-state index in [4.69, 9.17) is 0 Å². The van der Waals surface area contributed by atoms with E-state index in [1.807, 2.05) is 60.8 Å². The van der Waals surface area contributed by atoms with Crippen LogP contribution in [0.4, 0.5) is 0 Å². The molecule has 12 rings (SSSR count). The molecule has 1 radical (unpaired) electrons. The molecule has 249 valence electrons. The third kappa shape index (κ3) is 5.23. The summed E-state index contributed by atoms with van der Waals surface area (Å²) in [4.78, 5) is 8.83. The minimum absolute atomic E-state index is 0. The molecule has 9 aromatic rings. The largest absolute Gasteiger partial charge is 0.328 e. The van der Waals surface area contributed by atoms with Gasteiger partial charge in [-0.15, -0.1) is 59.7 Å². The van der Waals surface area contributed by atoms with Crippen LogP contribution in [-0.4, -0.2) is 14.5 Å². The summed E-state index contributed by atoms with van der Waals surface area (Å²) in [5.74, 6) is 0.508. The monoisotopic (exact) mass is 842 g/mol. The zero-order valence-electron chi connectivity index (χ0n) is 28.1. The number of pyridine rings is 2. The zero-order valence-corrected chi connectivity index (χ0v) is 30.5. The van der Waals surface area contributed by atoms with Gasteiger partial charge in [0.25, 0.3) is 0 Å². The summed E-state index contributed by atoms with van der Waals surface area (Å²) in [5.41, 5.74) is 16.2. The van der Waals surface area contributed by atoms with Gasteiger partial charge in [0.05, 0.1) is 0 Å². The quantitative estimate of drug-likeness (QED) is 0.166. The second-order valence-electron chi connectivity index (χ2n) is 13.1. The van der Waals surface area contributed by atoms with Gasteiger partial charge in [0, 0.05) is 55.5 Å². The Morgan fingerprint density at radius 1 is 0.442 bits per heavy atom. The van der Waals surface area contributed by atoms with Crippen molar-refractivity contribution in [2.75, 3.05) is 0 Å². The molecule has 3 heterocycles. The maximum atomic E-state index is 4.61. The van der Waals surface area contributed by atoms with E-state index >= 15 is 0 Å². The molecule has 0 aliphatic heterocycles. The summed E-state index contributed by atoms with van der Waals surface area (Å²) >= 11 is 0. The van der Waals surface area contributed by atoms with Crippen LogP contribution >= 0.6 is 0 Å². The summed E-state index contributed by atoms with van der Waals surface area (Å²) in [6.45, 7) is 0. The van der Waals surface area contributed by atoms with Gasteiger partial charge in [-0.05, 0) is 86.0 Å². The van der Waals surface area contributed by atoms with E-state index in [0.29, 0.717) is 0 Å². The number of nitrogens with zero attached hydrogens (tertiary/aromatic N) is 3. The van der Waals surface area contributed by atoms with Crippen molar-refractivity contribution in [1.29, 1.82) is 0 Å². The first kappa shape index (κ1) is 32.0. The molecular weight excluding hydrogens is 811 g/mol. The number of aromatic nitrogens is 3. The Morgan fingerprint density at radius 3 is 1.56 bits per heavy atom. The standard InChI is InChI=1S/C37H23N2.C11H8N.Ir/c1-2-10-24(11-3-1)39-34-20-23(33-16-8-9-19-38-33)17-18-25(34)30-21-31-32(22-35(30)39)37-28-14-6-4-12-26(28)36(31)27-13-5-7-15-29(27)37;1-2-6-10(7-3-1)11-8-4-5-9-12-11;/h1-16,18-22,36-37H;1-6,8-9H;/q2*-1;. The second-order valence-corrected chi connectivity index (χ2v) is 13.1. The summed E-state index contributed by atoms with van der Waals surface area (Å²) in [5, 5.41) is 2.50. The Kier molecular flexibility index (Phi) is 8.20. The fraction of sp³-hybridized carbons (Fsp3) is 0.0417. The molecule has 6 aromatic carbocycles. The molecular formula is C48H31IrN3-2. The van der Waals surface area contributed by atoms with E-state index in [1.165, 1.54) is 55.2 Å². The summed E-state index contributed by atoms with van der Waals surface area (Å²) in [6, 6.07) is 64.6. The van der Waals surface area contributed by atoms with Gasteiger partial charge in [-0.25, -0.2) is 0 Å². The Labute approximate surface area is 316 Å². The molecule has 0 fully saturated rings. The van der Waals surface area contributed by atoms with Crippen molar-refractivity contribution < 1.29 is 20.1 Å². The molecule has 3 aromatic heterocycles. The van der Waals surface area contributed by atoms with Crippen LogP contribution in [0.15, 0.2) is 176 Å². The number of rotatable bonds is 3. The molecule has 0 N–H and O–H groups in total. The van der Waals surface area contributed by atoms with Gasteiger partial charge < -0.3 is 14.5 Å². The summed E-state index contributed by atoms with van der Waals surface area (Å²) < 4.78 is 2.42. The van der Waals surface area contributed by atoms with E-state index in [0.717, 1.165) is 28.2 Å². The third-order valence-electron chi connectivity index (χ3n) is 10.4. The predicted octanol–water partition coefficient (Wildman–Crippen LogP) is 11.2. The van der Waals surface area contributed by atoms with Crippen LogP contribution in [-0.2, 0) is 20.1 Å². The van der Waals surface area contributed by atoms with Crippen molar-refractivity contribution in [3.63, 3.8) is 0 Å². The fourth-order valence-corrected chi connectivity index (χ4v) is 8.21. The van der Waals surface area contributed by atoms with Gasteiger partial charge in [-0.2, -0.15) is 0 Å². The van der Waals surface area contributed by atoms with Crippen LogP contribution in [0.1, 0.15) is 45.2 Å². The van der Waals surface area contributed by atoms with Crippen molar-refractivity contribution in [3.8, 4) is 28.2 Å². The van der Waals surface area contributed by atoms with Crippen LogP contribution in [0.25, 0.3) is 50.0 Å². The number of benzene rings is 6. The Morgan fingerprint density at radius 2 is 0.981 bits per heavy atom. The van der Waals surface area contributed by atoms with E-state index < -0.39 is 0 Å². The number of fused-ring (bicyclic) bond motifs is 3. The van der Waals surface area contributed by atoms with Crippen molar-refractivity contribution in [1.82, 2.24) is 14.5 Å². The molecule has 0 unspecified atom stereocenters. The van der Waals surface area contributed by atoms with Crippen LogP contribution in [0, 0.1) is 12.1 Å². The van der Waals surface area contributed by atoms with Crippen molar-refractivity contribution in [2.45, 2.75) is 11.8 Å². The van der Waals surface area contributed by atoms with Crippen LogP contribution < -0.4 is 0 Å². The second kappa shape index (κ2) is 13.3. The summed E-state index contributed by atoms with van der Waals surface area (Å²) in [6.07, 6.45) is 3.63. The first-order valence-corrected chi connectivity index (χ1v) is 17.4. The average molecular weight is 842 g/mol. The molecule has 4 heteroatoms. The first-order chi connectivity index (χ1) is 25.3. The molecule has 3 nitrogen and oxygen atoms in total. The molecule has 3 aliphatic rings. The first-order valence-electron chi connectivity index (χ1n) is 17.4. The molecule has 0 atom stereocenters. The maximum Gasteiger partial charge on any atom is 0.0444 e. The zero-order chi connectivity index (χ0) is 33.7. The number of para-hydroxylation sites is 1. The minimum Gasteiger partial charge on any atom is -0.328 e. The van der Waals surface area contributed by atoms with Crippen molar-refractivity contribution in [3.05, 3.63) is 222 Å². The van der Waals surface area contributed by atoms with E-state index in [1.54, 1.807) is 6.20 Å². The number of hydrogen-bond acceptors (Lipinski definition) is 2. The fourth-order valence-electron chi connectivity index (χ4n) is 8.21. The van der Waals surface area contributed by atoms with Crippen LogP contribution in [0.5, 0.6) is 0 Å². The molecule has 0 amide bonds. The Balaban J connectivity index is 0.000000236. The van der Waals surface area contributed by atoms with Gasteiger partial charge in [0.1, 0.15) is 0 Å². The van der Waals surface area contributed by atoms with E-state index in [2.05, 4.69) is 136 Å². The molecule has 2 bridgehead atoms. The molecule has 0 spiro atoms. The Bertz CT molecular complexity index is 2600. The van der Waals surface area contributed by atoms with Crippen molar-refractivity contribution in [2.24, 2.45) is 0 Å². The number of hydrogen-bond donors (Lipinski definition) is 0. The smallest absolute Gasteiger partial charge is 0.0444 e. The topological polar surface area (TPSA) is 30.7 Å². The SMILES string of the molecule is [Ir].[c-]1cc2c3cc4c(cc3n(-c3ccccc3)c2cc1-c1ccccn1)C1c2ccccc2C4c2ccccc21.[c-]1ccccc1-c1ccccn1. The maximum absolute atomic E-state index is 4.61. The molecule has 52 heavy (non-hydrogen) atoms. The molecule has 3 aliphatic carbocycles. The van der Waals surface area contributed by atoms with Gasteiger partial charge in [-0.3, -0.25) is 0 Å². The van der Waals surface area contributed by atoms with Crippen LogP contribution in [0.2, 0.25) is 0 Å². The third-order valence-corrected chi connectivity index (χ3v) is 10.4. The van der Waals surface area contributed by atoms with Crippen molar-refractivity contribution >= 4 is 21.8 Å². The van der Waals surface area contributed by atoms with Gasteiger partial charge in [-0.1, -0.05) is 102 Å². The van der Waals surface area contributed by atoms with E-state index in [-0.39, 0.29) is 31.9 Å². The normalized spacial score (nSPS) is 14.8. The van der Waals surface area contributed by atoms with Gasteiger partial charge >= 0.3 is 0 Å². The molecule has 0 saturated heterocycles. The van der Waals surface area contributed by atoms with Crippen LogP contribution in [0.3, 0.4) is 0 Å². The Hall–Kier alpha value is -5.93. The van der Waals surface area contributed by atoms with E-state index in [9.17, 15) is 0 Å². The average Bonchev–Trinajstić information content (AvgIpc) is 3.54. The van der Waals surface area contributed by atoms with Gasteiger partial charge in [0.15, 0.2) is 0 Å². The minimum atomic E-state index is 0.